The maximum atomic E-state index is 13.0. The second-order valence-corrected chi connectivity index (χ2v) is 6.75. The highest BCUT2D eigenvalue weighted by atomic mass is 35.5. The third-order valence-corrected chi connectivity index (χ3v) is 4.56. The second kappa shape index (κ2) is 6.90. The zero-order chi connectivity index (χ0) is 19.0. The largest absolute Gasteiger partial charge is 0.506 e. The van der Waals surface area contributed by atoms with Crippen LogP contribution in [0.1, 0.15) is 16.7 Å². The van der Waals surface area contributed by atoms with E-state index < -0.39 is 11.8 Å². The van der Waals surface area contributed by atoms with Gasteiger partial charge in [0.25, 0.3) is 11.8 Å². The molecule has 0 atom stereocenters. The zero-order valence-corrected chi connectivity index (χ0v) is 15.6. The summed E-state index contributed by atoms with van der Waals surface area (Å²) in [4.78, 5) is 26.6. The third-order valence-electron chi connectivity index (χ3n) is 3.98. The van der Waals surface area contributed by atoms with Crippen LogP contribution in [-0.2, 0) is 9.59 Å². The second-order valence-electron chi connectivity index (χ2n) is 5.96. The number of nitrogens with zero attached hydrogens (tertiary/aromatic N) is 1. The van der Waals surface area contributed by atoms with Gasteiger partial charge in [0.05, 0.1) is 10.7 Å². The van der Waals surface area contributed by atoms with Gasteiger partial charge in [-0.15, -0.1) is 0 Å². The van der Waals surface area contributed by atoms with Crippen LogP contribution in [0.15, 0.2) is 42.0 Å². The SMILES string of the molecule is Cc1ccc(N2C(=O)/C(=C/c3ccc(O)c(Cl)c3)C(=O)NC2=S)c(C)c1. The fourth-order valence-electron chi connectivity index (χ4n) is 2.71. The van der Waals surface area contributed by atoms with E-state index in [-0.39, 0.29) is 21.5 Å². The number of aromatic hydroxyl groups is 1. The first-order chi connectivity index (χ1) is 12.3. The number of carbonyl (C=O) groups excluding carboxylic acids is 2. The summed E-state index contributed by atoms with van der Waals surface area (Å²) in [5, 5.41) is 12.2. The van der Waals surface area contributed by atoms with Crippen molar-refractivity contribution in [2.24, 2.45) is 0 Å². The van der Waals surface area contributed by atoms with Gasteiger partial charge in [-0.25, -0.2) is 0 Å². The monoisotopic (exact) mass is 386 g/mol. The molecule has 3 rings (SSSR count). The van der Waals surface area contributed by atoms with Gasteiger partial charge in [-0.2, -0.15) is 0 Å². The van der Waals surface area contributed by atoms with Crippen molar-refractivity contribution in [1.29, 1.82) is 0 Å². The van der Waals surface area contributed by atoms with Crippen LogP contribution in [0.3, 0.4) is 0 Å². The molecule has 7 heteroatoms. The smallest absolute Gasteiger partial charge is 0.270 e. The average molecular weight is 387 g/mol. The van der Waals surface area contributed by atoms with Gasteiger partial charge < -0.3 is 5.11 Å². The summed E-state index contributed by atoms with van der Waals surface area (Å²) in [7, 11) is 0. The molecule has 0 unspecified atom stereocenters. The molecule has 0 saturated carbocycles. The molecule has 1 aliphatic rings. The molecule has 1 fully saturated rings. The van der Waals surface area contributed by atoms with Crippen molar-refractivity contribution in [3.8, 4) is 5.75 Å². The number of phenolic OH excluding ortho intramolecular Hbond substituents is 1. The Morgan fingerprint density at radius 2 is 1.88 bits per heavy atom. The minimum Gasteiger partial charge on any atom is -0.506 e. The Kier molecular flexibility index (Phi) is 4.80. The summed E-state index contributed by atoms with van der Waals surface area (Å²) in [6.45, 7) is 3.83. The van der Waals surface area contributed by atoms with E-state index in [2.05, 4.69) is 5.32 Å². The van der Waals surface area contributed by atoms with E-state index in [1.807, 2.05) is 26.0 Å². The molecule has 0 spiro atoms. The Morgan fingerprint density at radius 3 is 2.54 bits per heavy atom. The summed E-state index contributed by atoms with van der Waals surface area (Å²) in [6.07, 6.45) is 1.42. The average Bonchev–Trinajstić information content (AvgIpc) is 2.56. The molecule has 0 radical (unpaired) electrons. The Morgan fingerprint density at radius 1 is 1.15 bits per heavy atom. The highest BCUT2D eigenvalue weighted by Crippen LogP contribution is 2.28. The van der Waals surface area contributed by atoms with Crippen molar-refractivity contribution >= 4 is 52.5 Å². The molecule has 2 N–H and O–H groups in total. The molecule has 0 bridgehead atoms. The van der Waals surface area contributed by atoms with Crippen LogP contribution in [0, 0.1) is 13.8 Å². The lowest BCUT2D eigenvalue weighted by molar-refractivity contribution is -0.122. The zero-order valence-electron chi connectivity index (χ0n) is 14.0. The molecule has 1 saturated heterocycles. The molecule has 0 aromatic heterocycles. The normalized spacial score (nSPS) is 16.2. The molecule has 1 heterocycles. The Bertz CT molecular complexity index is 985. The summed E-state index contributed by atoms with van der Waals surface area (Å²) in [5.74, 6) is -1.17. The minimum absolute atomic E-state index is 0.0350. The highest BCUT2D eigenvalue weighted by Gasteiger charge is 2.35. The van der Waals surface area contributed by atoms with Crippen molar-refractivity contribution in [3.63, 3.8) is 0 Å². The fraction of sp³-hybridized carbons (Fsp3) is 0.105. The first-order valence-corrected chi connectivity index (χ1v) is 8.54. The van der Waals surface area contributed by atoms with Gasteiger partial charge in [0, 0.05) is 0 Å². The summed E-state index contributed by atoms with van der Waals surface area (Å²) in [6, 6.07) is 10.0. The van der Waals surface area contributed by atoms with Crippen LogP contribution in [0.25, 0.3) is 6.08 Å². The molecule has 2 aromatic rings. The molecule has 26 heavy (non-hydrogen) atoms. The van der Waals surface area contributed by atoms with Gasteiger partial charge in [0.2, 0.25) is 0 Å². The Labute approximate surface area is 160 Å². The first kappa shape index (κ1) is 18.1. The van der Waals surface area contributed by atoms with Gasteiger partial charge >= 0.3 is 0 Å². The quantitative estimate of drug-likeness (QED) is 0.471. The predicted octanol–water partition coefficient (Wildman–Crippen LogP) is 3.49. The van der Waals surface area contributed by atoms with Crippen LogP contribution < -0.4 is 10.2 Å². The summed E-state index contributed by atoms with van der Waals surface area (Å²) >= 11 is 11.1. The van der Waals surface area contributed by atoms with E-state index in [0.29, 0.717) is 11.3 Å². The summed E-state index contributed by atoms with van der Waals surface area (Å²) < 4.78 is 0. The van der Waals surface area contributed by atoms with Crippen LogP contribution in [-0.4, -0.2) is 22.0 Å². The van der Waals surface area contributed by atoms with Crippen LogP contribution >= 0.6 is 23.8 Å². The van der Waals surface area contributed by atoms with Gasteiger partial charge in [-0.1, -0.05) is 35.4 Å². The van der Waals surface area contributed by atoms with Crippen LogP contribution in [0.4, 0.5) is 5.69 Å². The van der Waals surface area contributed by atoms with Gasteiger partial charge in [-0.05, 0) is 61.5 Å². The van der Waals surface area contributed by atoms with E-state index in [0.717, 1.165) is 11.1 Å². The molecular weight excluding hydrogens is 372 g/mol. The van der Waals surface area contributed by atoms with Crippen molar-refractivity contribution in [2.45, 2.75) is 13.8 Å². The Hall–Kier alpha value is -2.70. The number of halogens is 1. The van der Waals surface area contributed by atoms with Gasteiger partial charge in [-0.3, -0.25) is 19.8 Å². The van der Waals surface area contributed by atoms with E-state index in [1.165, 1.54) is 23.1 Å². The number of nitrogens with one attached hydrogen (secondary N) is 1. The number of benzene rings is 2. The molecule has 5 nitrogen and oxygen atoms in total. The molecule has 132 valence electrons. The number of hydrogen-bond donors (Lipinski definition) is 2. The number of anilines is 1. The maximum Gasteiger partial charge on any atom is 0.270 e. The lowest BCUT2D eigenvalue weighted by atomic mass is 10.0. The number of amides is 2. The maximum absolute atomic E-state index is 13.0. The lowest BCUT2D eigenvalue weighted by Crippen LogP contribution is -2.54. The molecule has 2 aromatic carbocycles. The van der Waals surface area contributed by atoms with E-state index in [9.17, 15) is 14.7 Å². The minimum atomic E-state index is -0.579. The van der Waals surface area contributed by atoms with E-state index in [4.69, 9.17) is 23.8 Å². The number of hydrogen-bond acceptors (Lipinski definition) is 4. The topological polar surface area (TPSA) is 69.6 Å². The van der Waals surface area contributed by atoms with Crippen LogP contribution in [0.5, 0.6) is 5.75 Å². The molecule has 2 amide bonds. The standard InChI is InChI=1S/C19H15ClN2O3S/c1-10-3-5-15(11(2)7-10)22-18(25)13(17(24)21-19(22)26)8-12-4-6-16(23)14(20)9-12/h3-9,23H,1-2H3,(H,21,24,26)/b13-8+. The summed E-state index contributed by atoms with van der Waals surface area (Å²) in [5.41, 5.74) is 2.98. The number of phenols is 1. The van der Waals surface area contributed by atoms with Crippen molar-refractivity contribution in [1.82, 2.24) is 5.32 Å². The molecule has 0 aliphatic carbocycles. The molecular formula is C19H15ClN2O3S. The Balaban J connectivity index is 2.05. The lowest BCUT2D eigenvalue weighted by Gasteiger charge is -2.30. The predicted molar refractivity (Wildman–Crippen MR) is 105 cm³/mol. The van der Waals surface area contributed by atoms with Crippen molar-refractivity contribution in [3.05, 3.63) is 63.7 Å². The van der Waals surface area contributed by atoms with E-state index >= 15 is 0 Å². The first-order valence-electron chi connectivity index (χ1n) is 7.75. The number of thiocarbonyl (C=S) groups is 1. The van der Waals surface area contributed by atoms with E-state index in [1.54, 1.807) is 12.1 Å². The molecule has 1 aliphatic heterocycles. The fourth-order valence-corrected chi connectivity index (χ4v) is 3.18. The number of rotatable bonds is 2. The van der Waals surface area contributed by atoms with Crippen molar-refractivity contribution in [2.75, 3.05) is 4.90 Å². The van der Waals surface area contributed by atoms with Gasteiger partial charge in [0.1, 0.15) is 11.3 Å². The van der Waals surface area contributed by atoms with Crippen molar-refractivity contribution < 1.29 is 14.7 Å². The highest BCUT2D eigenvalue weighted by molar-refractivity contribution is 7.80. The van der Waals surface area contributed by atoms with Crippen LogP contribution in [0.2, 0.25) is 5.02 Å². The third kappa shape index (κ3) is 3.34. The number of aryl methyl sites for hydroxylation is 2. The number of carbonyl (C=O) groups is 2. The van der Waals surface area contributed by atoms with Gasteiger partial charge in [0.15, 0.2) is 5.11 Å².